The summed E-state index contributed by atoms with van der Waals surface area (Å²) in [6.45, 7) is 0. The first-order chi connectivity index (χ1) is 7.75. The van der Waals surface area contributed by atoms with E-state index in [9.17, 15) is 4.79 Å². The zero-order valence-electron chi connectivity index (χ0n) is 8.81. The molecule has 2 atom stereocenters. The lowest BCUT2D eigenvalue weighted by Gasteiger charge is -2.22. The maximum atomic E-state index is 11.0. The lowest BCUT2D eigenvalue weighted by molar-refractivity contribution is -0.140. The van der Waals surface area contributed by atoms with E-state index in [-0.39, 0.29) is 5.92 Å². The summed E-state index contributed by atoms with van der Waals surface area (Å²) >= 11 is 0. The van der Waals surface area contributed by atoms with Crippen LogP contribution < -0.4 is 5.32 Å². The van der Waals surface area contributed by atoms with Gasteiger partial charge < -0.3 is 10.4 Å². The monoisotopic (exact) mass is 215 g/mol. The summed E-state index contributed by atoms with van der Waals surface area (Å²) in [4.78, 5) is 11.0. The van der Waals surface area contributed by atoms with Crippen molar-refractivity contribution in [1.82, 2.24) is 0 Å². The highest BCUT2D eigenvalue weighted by molar-refractivity contribution is 5.89. The third-order valence-corrected chi connectivity index (χ3v) is 3.41. The van der Waals surface area contributed by atoms with Crippen molar-refractivity contribution < 1.29 is 9.90 Å². The number of carboxylic acid groups (broad SMARTS) is 1. The van der Waals surface area contributed by atoms with E-state index < -0.39 is 5.97 Å². The van der Waals surface area contributed by atoms with Gasteiger partial charge in [0.2, 0.25) is 0 Å². The third-order valence-electron chi connectivity index (χ3n) is 3.41. The average molecular weight is 215 g/mol. The number of hydrogen-bond acceptors (Lipinski definition) is 2. The van der Waals surface area contributed by atoms with Crippen LogP contribution in [0, 0.1) is 5.92 Å². The summed E-state index contributed by atoms with van der Waals surface area (Å²) in [6, 6.07) is 8.41. The molecular weight excluding hydrogens is 202 g/mol. The number of carbonyl (C=O) groups is 1. The fraction of sp³-hybridized carbons (Fsp3) is 0.308. The van der Waals surface area contributed by atoms with Crippen LogP contribution in [-0.2, 0) is 4.79 Å². The molecule has 2 aliphatic rings. The highest BCUT2D eigenvalue weighted by Gasteiger charge is 2.32. The number of para-hydroxylation sites is 1. The SMILES string of the molecule is O=C(O)C1C=C2c3ccccc3NC2CC1. The van der Waals surface area contributed by atoms with Crippen LogP contribution in [0.15, 0.2) is 30.3 Å². The first-order valence-corrected chi connectivity index (χ1v) is 5.56. The van der Waals surface area contributed by atoms with Crippen molar-refractivity contribution in [3.8, 4) is 0 Å². The van der Waals surface area contributed by atoms with Gasteiger partial charge in [-0.3, -0.25) is 4.79 Å². The molecule has 1 heterocycles. The molecule has 82 valence electrons. The Kier molecular flexibility index (Phi) is 1.99. The molecule has 0 bridgehead atoms. The molecule has 2 N–H and O–H groups in total. The number of aliphatic carboxylic acids is 1. The van der Waals surface area contributed by atoms with E-state index in [0.29, 0.717) is 6.04 Å². The first-order valence-electron chi connectivity index (χ1n) is 5.56. The second-order valence-electron chi connectivity index (χ2n) is 4.39. The summed E-state index contributed by atoms with van der Waals surface area (Å²) in [7, 11) is 0. The van der Waals surface area contributed by atoms with Crippen molar-refractivity contribution in [2.24, 2.45) is 5.92 Å². The van der Waals surface area contributed by atoms with Crippen molar-refractivity contribution in [2.45, 2.75) is 18.9 Å². The first kappa shape index (κ1) is 9.46. The molecule has 0 saturated carbocycles. The zero-order chi connectivity index (χ0) is 11.1. The third kappa shape index (κ3) is 1.32. The van der Waals surface area contributed by atoms with Crippen molar-refractivity contribution >= 4 is 17.2 Å². The quantitative estimate of drug-likeness (QED) is 0.756. The number of benzene rings is 1. The predicted molar refractivity (Wildman–Crippen MR) is 62.2 cm³/mol. The van der Waals surface area contributed by atoms with Gasteiger partial charge in [-0.2, -0.15) is 0 Å². The van der Waals surface area contributed by atoms with Crippen LogP contribution in [0.3, 0.4) is 0 Å². The van der Waals surface area contributed by atoms with Crippen LogP contribution >= 0.6 is 0 Å². The fourth-order valence-electron chi connectivity index (χ4n) is 2.59. The van der Waals surface area contributed by atoms with Crippen LogP contribution in [0.1, 0.15) is 18.4 Å². The number of hydrogen-bond donors (Lipinski definition) is 2. The van der Waals surface area contributed by atoms with Gasteiger partial charge in [0, 0.05) is 11.3 Å². The summed E-state index contributed by atoms with van der Waals surface area (Å²) in [6.07, 6.45) is 3.54. The van der Waals surface area contributed by atoms with Crippen LogP contribution in [0.4, 0.5) is 5.69 Å². The van der Waals surface area contributed by atoms with Crippen molar-refractivity contribution in [1.29, 1.82) is 0 Å². The van der Waals surface area contributed by atoms with E-state index in [1.165, 1.54) is 5.56 Å². The highest BCUT2D eigenvalue weighted by Crippen LogP contribution is 2.40. The second-order valence-corrected chi connectivity index (χ2v) is 4.39. The zero-order valence-corrected chi connectivity index (χ0v) is 8.81. The maximum Gasteiger partial charge on any atom is 0.310 e. The van der Waals surface area contributed by atoms with Gasteiger partial charge in [0.25, 0.3) is 0 Å². The van der Waals surface area contributed by atoms with E-state index in [4.69, 9.17) is 5.11 Å². The summed E-state index contributed by atoms with van der Waals surface area (Å²) in [5, 5.41) is 12.5. The molecule has 0 radical (unpaired) electrons. The largest absolute Gasteiger partial charge is 0.481 e. The van der Waals surface area contributed by atoms with E-state index in [1.807, 2.05) is 24.3 Å². The Balaban J connectivity index is 2.04. The van der Waals surface area contributed by atoms with Gasteiger partial charge in [-0.25, -0.2) is 0 Å². The summed E-state index contributed by atoms with van der Waals surface area (Å²) in [5.41, 5.74) is 3.46. The molecule has 3 nitrogen and oxygen atoms in total. The van der Waals surface area contributed by atoms with Gasteiger partial charge in [0.1, 0.15) is 0 Å². The molecule has 0 fully saturated rings. The molecule has 2 unspecified atom stereocenters. The molecule has 0 spiro atoms. The highest BCUT2D eigenvalue weighted by atomic mass is 16.4. The van der Waals surface area contributed by atoms with Gasteiger partial charge in [-0.15, -0.1) is 0 Å². The van der Waals surface area contributed by atoms with E-state index >= 15 is 0 Å². The molecular formula is C13H13NO2. The number of anilines is 1. The van der Waals surface area contributed by atoms with Crippen molar-refractivity contribution in [3.63, 3.8) is 0 Å². The lowest BCUT2D eigenvalue weighted by Crippen LogP contribution is -2.24. The molecule has 1 aromatic carbocycles. The Morgan fingerprint density at radius 3 is 2.94 bits per heavy atom. The number of carboxylic acids is 1. The Hall–Kier alpha value is -1.77. The van der Waals surface area contributed by atoms with E-state index in [0.717, 1.165) is 24.1 Å². The fourth-order valence-corrected chi connectivity index (χ4v) is 2.59. The van der Waals surface area contributed by atoms with Gasteiger partial charge in [0.15, 0.2) is 0 Å². The molecule has 3 heteroatoms. The predicted octanol–water partition coefficient (Wildman–Crippen LogP) is 2.36. The van der Waals surface area contributed by atoms with Crippen LogP contribution in [0.2, 0.25) is 0 Å². The number of nitrogens with one attached hydrogen (secondary N) is 1. The van der Waals surface area contributed by atoms with E-state index in [1.54, 1.807) is 0 Å². The molecule has 0 saturated heterocycles. The lowest BCUT2D eigenvalue weighted by atomic mass is 9.86. The van der Waals surface area contributed by atoms with E-state index in [2.05, 4.69) is 11.4 Å². The van der Waals surface area contributed by atoms with Gasteiger partial charge in [-0.1, -0.05) is 24.3 Å². The Labute approximate surface area is 93.8 Å². The second kappa shape index (κ2) is 3.37. The number of rotatable bonds is 1. The molecule has 16 heavy (non-hydrogen) atoms. The van der Waals surface area contributed by atoms with Crippen molar-refractivity contribution in [3.05, 3.63) is 35.9 Å². The molecule has 1 aliphatic carbocycles. The molecule has 1 aliphatic heterocycles. The average Bonchev–Trinajstić information content (AvgIpc) is 2.66. The maximum absolute atomic E-state index is 11.0. The molecule has 1 aromatic rings. The van der Waals surface area contributed by atoms with Crippen LogP contribution in [0.25, 0.3) is 5.57 Å². The smallest absolute Gasteiger partial charge is 0.310 e. The topological polar surface area (TPSA) is 49.3 Å². The summed E-state index contributed by atoms with van der Waals surface area (Å²) in [5.74, 6) is -1.03. The van der Waals surface area contributed by atoms with Crippen LogP contribution in [0.5, 0.6) is 0 Å². The Morgan fingerprint density at radius 1 is 1.31 bits per heavy atom. The molecule has 0 aromatic heterocycles. The minimum absolute atomic E-state index is 0.313. The number of fused-ring (bicyclic) bond motifs is 3. The summed E-state index contributed by atoms with van der Waals surface area (Å²) < 4.78 is 0. The molecule has 0 amide bonds. The minimum atomic E-state index is -0.713. The Bertz CT molecular complexity index is 479. The standard InChI is InChI=1S/C13H13NO2/c15-13(16)8-5-6-12-10(7-8)9-3-1-2-4-11(9)14-12/h1-4,7-8,12,14H,5-6H2,(H,15,16). The van der Waals surface area contributed by atoms with Gasteiger partial charge in [-0.05, 0) is 24.5 Å². The van der Waals surface area contributed by atoms with Crippen LogP contribution in [-0.4, -0.2) is 17.1 Å². The molecule has 3 rings (SSSR count). The van der Waals surface area contributed by atoms with Gasteiger partial charge >= 0.3 is 5.97 Å². The normalized spacial score (nSPS) is 26.4. The Morgan fingerprint density at radius 2 is 2.12 bits per heavy atom. The minimum Gasteiger partial charge on any atom is -0.481 e. The van der Waals surface area contributed by atoms with Crippen molar-refractivity contribution in [2.75, 3.05) is 5.32 Å². The van der Waals surface area contributed by atoms with Gasteiger partial charge in [0.05, 0.1) is 12.0 Å².